The number of allylic oxidation sites excluding steroid dienone is 1. The predicted molar refractivity (Wildman–Crippen MR) is 103 cm³/mol. The maximum Gasteiger partial charge on any atom is 0.356 e. The van der Waals surface area contributed by atoms with E-state index in [1.807, 2.05) is 0 Å². The van der Waals surface area contributed by atoms with Gasteiger partial charge in [0.05, 0.1) is 16.7 Å². The van der Waals surface area contributed by atoms with Crippen molar-refractivity contribution in [3.8, 4) is 0 Å². The summed E-state index contributed by atoms with van der Waals surface area (Å²) in [6, 6.07) is 5.66. The lowest BCUT2D eigenvalue weighted by Gasteiger charge is -2.34. The van der Waals surface area contributed by atoms with Crippen molar-refractivity contribution in [2.75, 3.05) is 0 Å². The molecule has 2 fully saturated rings. The van der Waals surface area contributed by atoms with Gasteiger partial charge in [0, 0.05) is 28.0 Å². The molecule has 0 spiro atoms. The smallest absolute Gasteiger partial charge is 0.356 e. The van der Waals surface area contributed by atoms with E-state index in [2.05, 4.69) is 10.0 Å². The average molecular weight is 415 g/mol. The second kappa shape index (κ2) is 7.76. The highest BCUT2D eigenvalue weighted by Gasteiger charge is 2.50. The number of esters is 1. The molecule has 150 valence electrons. The van der Waals surface area contributed by atoms with Crippen LogP contribution in [0.3, 0.4) is 0 Å². The second-order valence-corrected chi connectivity index (χ2v) is 8.34. The molecule has 3 atom stereocenters. The maximum atomic E-state index is 12.8. The SMILES string of the molecule is [N-]=[N+]=NC1CCC(C2=C(C(=O)OCc3ccc([N+](=O)[O-])cc3)N3C(=O)C[C@H]3S2)C1. The molecule has 1 saturated heterocycles. The first-order valence-electron chi connectivity index (χ1n) is 9.15. The Morgan fingerprint density at radius 2 is 2.14 bits per heavy atom. The van der Waals surface area contributed by atoms with E-state index in [1.54, 1.807) is 0 Å². The number of thioether (sulfide) groups is 1. The summed E-state index contributed by atoms with van der Waals surface area (Å²) in [4.78, 5) is 40.3. The van der Waals surface area contributed by atoms with Crippen LogP contribution in [0.2, 0.25) is 0 Å². The molecule has 1 saturated carbocycles. The van der Waals surface area contributed by atoms with Crippen molar-refractivity contribution in [1.82, 2.24) is 4.90 Å². The van der Waals surface area contributed by atoms with Gasteiger partial charge in [0.25, 0.3) is 5.69 Å². The number of amides is 1. The molecule has 1 aromatic carbocycles. The Kier molecular flexibility index (Phi) is 5.16. The third-order valence-electron chi connectivity index (χ3n) is 5.34. The number of hydrogen-bond acceptors (Lipinski definition) is 7. The van der Waals surface area contributed by atoms with E-state index in [1.165, 1.54) is 40.9 Å². The Balaban J connectivity index is 1.49. The third-order valence-corrected chi connectivity index (χ3v) is 6.77. The first kappa shape index (κ1) is 19.3. The van der Waals surface area contributed by atoms with Gasteiger partial charge in [-0.15, -0.1) is 11.8 Å². The van der Waals surface area contributed by atoms with E-state index in [4.69, 9.17) is 10.3 Å². The Labute approximate surface area is 169 Å². The lowest BCUT2D eigenvalue weighted by Crippen LogP contribution is -2.48. The summed E-state index contributed by atoms with van der Waals surface area (Å²) < 4.78 is 5.42. The first-order valence-corrected chi connectivity index (χ1v) is 10.0. The van der Waals surface area contributed by atoms with Crippen LogP contribution in [-0.4, -0.2) is 33.1 Å². The van der Waals surface area contributed by atoms with Gasteiger partial charge in [-0.1, -0.05) is 5.11 Å². The predicted octanol–water partition coefficient (Wildman–Crippen LogP) is 3.63. The van der Waals surface area contributed by atoms with Crippen LogP contribution < -0.4 is 0 Å². The normalized spacial score (nSPS) is 25.3. The van der Waals surface area contributed by atoms with Crippen LogP contribution in [0.15, 0.2) is 40.0 Å². The highest BCUT2D eigenvalue weighted by molar-refractivity contribution is 8.04. The lowest BCUT2D eigenvalue weighted by molar-refractivity contribution is -0.384. The standard InChI is InChI=1S/C18H17N5O5S/c19-21-20-12-4-3-11(7-12)17-16(22-14(24)8-15(22)29-17)18(25)28-9-10-1-5-13(6-2-10)23(26)27/h1-2,5-6,11-12,15H,3-4,7-9H2/t11?,12?,15-/m1/s1. The lowest BCUT2D eigenvalue weighted by atomic mass is 10.0. The molecule has 4 rings (SSSR count). The molecule has 1 amide bonds. The van der Waals surface area contributed by atoms with Gasteiger partial charge in [0.2, 0.25) is 5.91 Å². The molecule has 11 heteroatoms. The molecule has 1 aliphatic carbocycles. The third kappa shape index (κ3) is 3.66. The number of carbonyl (C=O) groups excluding carboxylic acids is 2. The van der Waals surface area contributed by atoms with Crippen molar-refractivity contribution < 1.29 is 19.2 Å². The number of non-ortho nitro benzene ring substituents is 1. The number of benzene rings is 1. The zero-order valence-corrected chi connectivity index (χ0v) is 16.1. The van der Waals surface area contributed by atoms with Gasteiger partial charge in [0.1, 0.15) is 12.3 Å². The van der Waals surface area contributed by atoms with Gasteiger partial charge in [-0.3, -0.25) is 19.8 Å². The van der Waals surface area contributed by atoms with E-state index in [-0.39, 0.29) is 35.5 Å². The number of fused-ring (bicyclic) bond motifs is 1. The number of ether oxygens (including phenoxy) is 1. The van der Waals surface area contributed by atoms with Gasteiger partial charge >= 0.3 is 5.97 Å². The number of carbonyl (C=O) groups is 2. The number of rotatable bonds is 6. The largest absolute Gasteiger partial charge is 0.456 e. The van der Waals surface area contributed by atoms with Crippen molar-refractivity contribution in [3.05, 3.63) is 61.0 Å². The van der Waals surface area contributed by atoms with E-state index >= 15 is 0 Å². The fourth-order valence-electron chi connectivity index (χ4n) is 3.86. The molecule has 0 bridgehead atoms. The molecule has 0 aromatic heterocycles. The quantitative estimate of drug-likeness (QED) is 0.132. The molecular formula is C18H17N5O5S. The molecule has 0 N–H and O–H groups in total. The Morgan fingerprint density at radius 1 is 1.38 bits per heavy atom. The van der Waals surface area contributed by atoms with Crippen LogP contribution in [0.4, 0.5) is 5.69 Å². The number of nitro benzene ring substituents is 1. The summed E-state index contributed by atoms with van der Waals surface area (Å²) in [5.41, 5.74) is 9.52. The molecule has 10 nitrogen and oxygen atoms in total. The molecule has 0 radical (unpaired) electrons. The number of hydrogen-bond donors (Lipinski definition) is 0. The average Bonchev–Trinajstić information content (AvgIpc) is 3.28. The minimum atomic E-state index is -0.575. The van der Waals surface area contributed by atoms with Crippen LogP contribution in [0.5, 0.6) is 0 Å². The van der Waals surface area contributed by atoms with Gasteiger partial charge < -0.3 is 4.74 Å². The van der Waals surface area contributed by atoms with Crippen LogP contribution in [0.25, 0.3) is 10.4 Å². The Morgan fingerprint density at radius 3 is 2.79 bits per heavy atom. The van der Waals surface area contributed by atoms with Crippen LogP contribution in [-0.2, 0) is 20.9 Å². The zero-order chi connectivity index (χ0) is 20.5. The summed E-state index contributed by atoms with van der Waals surface area (Å²) in [7, 11) is 0. The van der Waals surface area contributed by atoms with Gasteiger partial charge in [-0.2, -0.15) is 0 Å². The van der Waals surface area contributed by atoms with Gasteiger partial charge in [0.15, 0.2) is 0 Å². The fourth-order valence-corrected chi connectivity index (χ4v) is 5.41. The van der Waals surface area contributed by atoms with E-state index in [0.29, 0.717) is 24.1 Å². The second-order valence-electron chi connectivity index (χ2n) is 7.12. The number of nitrogens with zero attached hydrogens (tertiary/aromatic N) is 5. The fraction of sp³-hybridized carbons (Fsp3) is 0.444. The summed E-state index contributed by atoms with van der Waals surface area (Å²) in [5, 5.41) is 14.4. The van der Waals surface area contributed by atoms with Crippen molar-refractivity contribution >= 4 is 29.3 Å². The van der Waals surface area contributed by atoms with Crippen molar-refractivity contribution in [3.63, 3.8) is 0 Å². The summed E-state index contributed by atoms with van der Waals surface area (Å²) >= 11 is 1.52. The molecule has 3 aliphatic rings. The van der Waals surface area contributed by atoms with Crippen LogP contribution in [0, 0.1) is 16.0 Å². The number of azide groups is 1. The number of β-lactam (4-membered cyclic amide) rings is 1. The maximum absolute atomic E-state index is 12.8. The minimum absolute atomic E-state index is 0.0397. The molecule has 2 unspecified atom stereocenters. The van der Waals surface area contributed by atoms with Crippen molar-refractivity contribution in [2.24, 2.45) is 11.0 Å². The van der Waals surface area contributed by atoms with E-state index < -0.39 is 10.9 Å². The Hall–Kier alpha value is -3.04. The molecule has 2 aliphatic heterocycles. The van der Waals surface area contributed by atoms with Crippen LogP contribution in [0.1, 0.15) is 31.2 Å². The molecular weight excluding hydrogens is 398 g/mol. The summed E-state index contributed by atoms with van der Waals surface area (Å²) in [6.07, 6.45) is 2.59. The number of nitro groups is 1. The highest BCUT2D eigenvalue weighted by atomic mass is 32.2. The highest BCUT2D eigenvalue weighted by Crippen LogP contribution is 2.52. The topological polar surface area (TPSA) is 139 Å². The molecule has 2 heterocycles. The van der Waals surface area contributed by atoms with Gasteiger partial charge in [-0.25, -0.2) is 4.79 Å². The minimum Gasteiger partial charge on any atom is -0.456 e. The van der Waals surface area contributed by atoms with Crippen LogP contribution >= 0.6 is 11.8 Å². The zero-order valence-electron chi connectivity index (χ0n) is 15.3. The van der Waals surface area contributed by atoms with Crippen molar-refractivity contribution in [2.45, 2.75) is 43.7 Å². The molecule has 1 aromatic rings. The monoisotopic (exact) mass is 415 g/mol. The van der Waals surface area contributed by atoms with E-state index in [0.717, 1.165) is 17.7 Å². The van der Waals surface area contributed by atoms with Gasteiger partial charge in [-0.05, 0) is 48.4 Å². The van der Waals surface area contributed by atoms with Crippen molar-refractivity contribution in [1.29, 1.82) is 0 Å². The molecule has 29 heavy (non-hydrogen) atoms. The first-order chi connectivity index (χ1) is 14.0. The van der Waals surface area contributed by atoms with E-state index in [9.17, 15) is 19.7 Å². The summed E-state index contributed by atoms with van der Waals surface area (Å²) in [5.74, 6) is -0.617. The summed E-state index contributed by atoms with van der Waals surface area (Å²) in [6.45, 7) is -0.0447. The Bertz CT molecular complexity index is 956.